The summed E-state index contributed by atoms with van der Waals surface area (Å²) in [5, 5.41) is 10.4. The minimum absolute atomic E-state index is 0.206. The second-order valence-electron chi connectivity index (χ2n) is 4.71. The molecule has 2 aromatic heterocycles. The molecular formula is C16H13ClN4O. The summed E-state index contributed by atoms with van der Waals surface area (Å²) in [4.78, 5) is 16.1. The first kappa shape index (κ1) is 14.3. The third-order valence-corrected chi connectivity index (χ3v) is 3.42. The number of carbonyl (C=O) groups is 1. The quantitative estimate of drug-likeness (QED) is 0.778. The predicted octanol–water partition coefficient (Wildman–Crippen LogP) is 3.06. The number of hydrogen-bond donors (Lipinski definition) is 2. The predicted molar refractivity (Wildman–Crippen MR) is 84.4 cm³/mol. The number of amides is 1. The van der Waals surface area contributed by atoms with Crippen LogP contribution < -0.4 is 5.32 Å². The third kappa shape index (κ3) is 3.32. The second-order valence-corrected chi connectivity index (χ2v) is 5.15. The summed E-state index contributed by atoms with van der Waals surface area (Å²) < 4.78 is 0. The highest BCUT2D eigenvalue weighted by molar-refractivity contribution is 6.30. The summed E-state index contributed by atoms with van der Waals surface area (Å²) in [5.41, 5.74) is 3.01. The van der Waals surface area contributed by atoms with Crippen LogP contribution in [0.25, 0.3) is 11.3 Å². The van der Waals surface area contributed by atoms with Crippen LogP contribution in [0.4, 0.5) is 0 Å². The van der Waals surface area contributed by atoms with Crippen molar-refractivity contribution < 1.29 is 4.79 Å². The number of hydrogen-bond acceptors (Lipinski definition) is 3. The smallest absolute Gasteiger partial charge is 0.269 e. The number of rotatable bonds is 4. The number of halogens is 1. The molecule has 2 N–H and O–H groups in total. The number of H-pyrrole nitrogens is 1. The normalized spacial score (nSPS) is 10.4. The topological polar surface area (TPSA) is 70.7 Å². The number of benzene rings is 1. The summed E-state index contributed by atoms with van der Waals surface area (Å²) in [6.07, 6.45) is 3.37. The van der Waals surface area contributed by atoms with Crippen LogP contribution in [0.3, 0.4) is 0 Å². The molecule has 0 aliphatic rings. The molecule has 0 aliphatic heterocycles. The van der Waals surface area contributed by atoms with E-state index in [1.807, 2.05) is 24.3 Å². The van der Waals surface area contributed by atoms with Gasteiger partial charge in [0.2, 0.25) is 0 Å². The molecule has 22 heavy (non-hydrogen) atoms. The van der Waals surface area contributed by atoms with Gasteiger partial charge in [0.1, 0.15) is 5.69 Å². The Morgan fingerprint density at radius 1 is 1.14 bits per heavy atom. The molecular weight excluding hydrogens is 300 g/mol. The Bertz CT molecular complexity index is 768. The summed E-state index contributed by atoms with van der Waals surface area (Å²) in [5.74, 6) is -0.206. The lowest BCUT2D eigenvalue weighted by Gasteiger charge is -2.03. The van der Waals surface area contributed by atoms with Crippen molar-refractivity contribution in [1.29, 1.82) is 0 Å². The molecule has 0 saturated heterocycles. The highest BCUT2D eigenvalue weighted by Gasteiger charge is 2.10. The zero-order valence-electron chi connectivity index (χ0n) is 11.6. The van der Waals surface area contributed by atoms with Crippen LogP contribution in [0.1, 0.15) is 16.1 Å². The maximum absolute atomic E-state index is 12.1. The summed E-state index contributed by atoms with van der Waals surface area (Å²) in [6.45, 7) is 0.430. The van der Waals surface area contributed by atoms with Gasteiger partial charge in [-0.15, -0.1) is 0 Å². The number of nitrogens with zero attached hydrogens (tertiary/aromatic N) is 2. The van der Waals surface area contributed by atoms with E-state index in [4.69, 9.17) is 11.6 Å². The highest BCUT2D eigenvalue weighted by atomic mass is 35.5. The monoisotopic (exact) mass is 312 g/mol. The standard InChI is InChI=1S/C16H13ClN4O/c17-13-3-1-11(2-4-13)10-19-16(22)15-9-14(20-21-15)12-5-7-18-8-6-12/h1-9H,10H2,(H,19,22)(H,20,21). The Balaban J connectivity index is 1.66. The largest absolute Gasteiger partial charge is 0.347 e. The van der Waals surface area contributed by atoms with Gasteiger partial charge in [0.25, 0.3) is 5.91 Å². The number of aromatic nitrogens is 3. The fourth-order valence-corrected chi connectivity index (χ4v) is 2.11. The number of pyridine rings is 1. The van der Waals surface area contributed by atoms with Gasteiger partial charge in [-0.3, -0.25) is 14.9 Å². The molecule has 3 aromatic rings. The summed E-state index contributed by atoms with van der Waals surface area (Å²) >= 11 is 5.83. The van der Waals surface area contributed by atoms with E-state index >= 15 is 0 Å². The maximum Gasteiger partial charge on any atom is 0.269 e. The molecule has 110 valence electrons. The molecule has 0 fully saturated rings. The van der Waals surface area contributed by atoms with Gasteiger partial charge in [0.05, 0.1) is 5.69 Å². The van der Waals surface area contributed by atoms with Gasteiger partial charge in [-0.05, 0) is 35.9 Å². The van der Waals surface area contributed by atoms with Crippen molar-refractivity contribution in [2.45, 2.75) is 6.54 Å². The first-order valence-electron chi connectivity index (χ1n) is 6.71. The fraction of sp³-hybridized carbons (Fsp3) is 0.0625. The van der Waals surface area contributed by atoms with Gasteiger partial charge in [-0.2, -0.15) is 5.10 Å². The van der Waals surface area contributed by atoms with Crippen molar-refractivity contribution in [3.05, 3.63) is 71.1 Å². The molecule has 0 aliphatic carbocycles. The number of nitrogens with one attached hydrogen (secondary N) is 2. The van der Waals surface area contributed by atoms with E-state index in [1.165, 1.54) is 0 Å². The maximum atomic E-state index is 12.1. The lowest BCUT2D eigenvalue weighted by molar-refractivity contribution is 0.0946. The molecule has 6 heteroatoms. The van der Waals surface area contributed by atoms with Crippen LogP contribution in [-0.2, 0) is 6.54 Å². The summed E-state index contributed by atoms with van der Waals surface area (Å²) in [7, 11) is 0. The van der Waals surface area contributed by atoms with Crippen LogP contribution in [0.5, 0.6) is 0 Å². The minimum atomic E-state index is -0.206. The average Bonchev–Trinajstić information content (AvgIpc) is 3.05. The Morgan fingerprint density at radius 3 is 2.59 bits per heavy atom. The zero-order valence-corrected chi connectivity index (χ0v) is 12.3. The van der Waals surface area contributed by atoms with Crippen LogP contribution in [0.2, 0.25) is 5.02 Å². The van der Waals surface area contributed by atoms with E-state index in [9.17, 15) is 4.79 Å². The molecule has 1 amide bonds. The molecule has 0 spiro atoms. The molecule has 0 atom stereocenters. The molecule has 5 nitrogen and oxygen atoms in total. The second kappa shape index (κ2) is 6.41. The number of aromatic amines is 1. The molecule has 0 saturated carbocycles. The lowest BCUT2D eigenvalue weighted by atomic mass is 10.2. The Hall–Kier alpha value is -2.66. The molecule has 1 aromatic carbocycles. The molecule has 0 bridgehead atoms. The van der Waals surface area contributed by atoms with Crippen molar-refractivity contribution >= 4 is 17.5 Å². The van der Waals surface area contributed by atoms with Gasteiger partial charge in [0.15, 0.2) is 0 Å². The average molecular weight is 313 g/mol. The molecule has 2 heterocycles. The van der Waals surface area contributed by atoms with Crippen molar-refractivity contribution in [3.63, 3.8) is 0 Å². The first-order chi connectivity index (χ1) is 10.7. The van der Waals surface area contributed by atoms with Gasteiger partial charge < -0.3 is 5.32 Å². The van der Waals surface area contributed by atoms with Crippen molar-refractivity contribution in [2.75, 3.05) is 0 Å². The zero-order chi connectivity index (χ0) is 15.4. The van der Waals surface area contributed by atoms with E-state index in [1.54, 1.807) is 30.6 Å². The van der Waals surface area contributed by atoms with Gasteiger partial charge in [-0.1, -0.05) is 23.7 Å². The molecule has 3 rings (SSSR count). The van der Waals surface area contributed by atoms with Gasteiger partial charge in [-0.25, -0.2) is 0 Å². The SMILES string of the molecule is O=C(NCc1ccc(Cl)cc1)c1cc(-c2ccncc2)n[nH]1. The Kier molecular flexibility index (Phi) is 4.16. The van der Waals surface area contributed by atoms with Crippen LogP contribution in [0.15, 0.2) is 54.9 Å². The van der Waals surface area contributed by atoms with Crippen LogP contribution in [-0.4, -0.2) is 21.1 Å². The Morgan fingerprint density at radius 2 is 1.86 bits per heavy atom. The summed E-state index contributed by atoms with van der Waals surface area (Å²) in [6, 6.07) is 12.7. The van der Waals surface area contributed by atoms with Crippen molar-refractivity contribution in [1.82, 2.24) is 20.5 Å². The van der Waals surface area contributed by atoms with E-state index < -0.39 is 0 Å². The number of carbonyl (C=O) groups excluding carboxylic acids is 1. The molecule has 0 radical (unpaired) electrons. The van der Waals surface area contributed by atoms with Crippen LogP contribution >= 0.6 is 11.6 Å². The lowest BCUT2D eigenvalue weighted by Crippen LogP contribution is -2.23. The van der Waals surface area contributed by atoms with E-state index in [-0.39, 0.29) is 5.91 Å². The third-order valence-electron chi connectivity index (χ3n) is 3.16. The first-order valence-corrected chi connectivity index (χ1v) is 7.08. The minimum Gasteiger partial charge on any atom is -0.347 e. The van der Waals surface area contributed by atoms with Gasteiger partial charge in [0, 0.05) is 29.5 Å². The highest BCUT2D eigenvalue weighted by Crippen LogP contribution is 2.16. The van der Waals surface area contributed by atoms with E-state index in [2.05, 4.69) is 20.5 Å². The fourth-order valence-electron chi connectivity index (χ4n) is 1.99. The molecule has 0 unspecified atom stereocenters. The van der Waals surface area contributed by atoms with Crippen molar-refractivity contribution in [3.8, 4) is 11.3 Å². The van der Waals surface area contributed by atoms with Crippen LogP contribution in [0, 0.1) is 0 Å². The van der Waals surface area contributed by atoms with Gasteiger partial charge >= 0.3 is 0 Å². The van der Waals surface area contributed by atoms with Crippen molar-refractivity contribution in [2.24, 2.45) is 0 Å². The van der Waals surface area contributed by atoms with E-state index in [0.29, 0.717) is 23.0 Å². The van der Waals surface area contributed by atoms with E-state index in [0.717, 1.165) is 11.1 Å². The Labute approximate surface area is 132 Å².